The fourth-order valence-corrected chi connectivity index (χ4v) is 4.63. The van der Waals surface area contributed by atoms with E-state index in [1.165, 1.54) is 11.1 Å². The lowest BCUT2D eigenvalue weighted by Gasteiger charge is -2.39. The normalized spacial score (nSPS) is 14.8. The smallest absolute Gasteiger partial charge is 0.262 e. The number of rotatable bonds is 6. The third kappa shape index (κ3) is 5.03. The molecular weight excluding hydrogens is 396 g/mol. The van der Waals surface area contributed by atoms with Gasteiger partial charge in [-0.1, -0.05) is 54.1 Å². The lowest BCUT2D eigenvalue weighted by molar-refractivity contribution is 0.0955. The number of benzene rings is 3. The third-order valence-corrected chi connectivity index (χ3v) is 6.25. The Kier molecular flexibility index (Phi) is 6.91. The van der Waals surface area contributed by atoms with Gasteiger partial charge < -0.3 is 9.64 Å². The number of carbonyl (C=O) groups excluding carboxylic acids is 1. The lowest BCUT2D eigenvalue weighted by atomic mass is 9.99. The van der Waals surface area contributed by atoms with Crippen molar-refractivity contribution in [2.75, 3.05) is 25.1 Å². The summed E-state index contributed by atoms with van der Waals surface area (Å²) in [5.41, 5.74) is 5.36. The van der Waals surface area contributed by atoms with E-state index in [-0.39, 0.29) is 11.9 Å². The second-order valence-electron chi connectivity index (χ2n) is 8.71. The molecule has 0 atom stereocenters. The van der Waals surface area contributed by atoms with Gasteiger partial charge in [0.05, 0.1) is 12.7 Å². The van der Waals surface area contributed by atoms with Crippen LogP contribution in [0.1, 0.15) is 39.9 Å². The first-order chi connectivity index (χ1) is 15.5. The van der Waals surface area contributed by atoms with Crippen LogP contribution in [-0.4, -0.2) is 37.0 Å². The van der Waals surface area contributed by atoms with Crippen molar-refractivity contribution in [3.63, 3.8) is 0 Å². The predicted octanol–water partition coefficient (Wildman–Crippen LogP) is 5.62. The zero-order valence-corrected chi connectivity index (χ0v) is 19.3. The number of piperidine rings is 1. The number of amides is 1. The van der Waals surface area contributed by atoms with Crippen LogP contribution in [0.3, 0.4) is 0 Å². The minimum Gasteiger partial charge on any atom is -0.496 e. The Morgan fingerprint density at radius 1 is 0.938 bits per heavy atom. The predicted molar refractivity (Wildman–Crippen MR) is 130 cm³/mol. The number of carbonyl (C=O) groups is 1. The van der Waals surface area contributed by atoms with Crippen LogP contribution in [-0.2, 0) is 6.54 Å². The average molecular weight is 429 g/mol. The van der Waals surface area contributed by atoms with Gasteiger partial charge in [-0.05, 0) is 62.1 Å². The molecule has 1 saturated heterocycles. The zero-order valence-electron chi connectivity index (χ0n) is 19.3. The molecule has 0 spiro atoms. The lowest BCUT2D eigenvalue weighted by Crippen LogP contribution is -2.47. The molecule has 0 unspecified atom stereocenters. The molecule has 3 aromatic carbocycles. The summed E-state index contributed by atoms with van der Waals surface area (Å²) in [4.78, 5) is 18.3. The monoisotopic (exact) mass is 428 g/mol. The van der Waals surface area contributed by atoms with Crippen molar-refractivity contribution in [3.05, 3.63) is 95.1 Å². The van der Waals surface area contributed by atoms with Gasteiger partial charge in [-0.25, -0.2) is 0 Å². The summed E-state index contributed by atoms with van der Waals surface area (Å²) in [6.45, 7) is 7.11. The van der Waals surface area contributed by atoms with Crippen molar-refractivity contribution >= 4 is 11.6 Å². The number of para-hydroxylation sites is 1. The minimum atomic E-state index is 0.00480. The first-order valence-corrected chi connectivity index (χ1v) is 11.4. The van der Waals surface area contributed by atoms with Gasteiger partial charge in [-0.2, -0.15) is 0 Å². The second kappa shape index (κ2) is 10.0. The SMILES string of the molecule is COc1ccccc1C(=O)N(c1cccc(C)c1)C1CCN(Cc2cccc(C)c2)CC1. The Morgan fingerprint density at radius 3 is 2.31 bits per heavy atom. The molecule has 0 radical (unpaired) electrons. The molecule has 0 aliphatic carbocycles. The highest BCUT2D eigenvalue weighted by molar-refractivity contribution is 6.08. The van der Waals surface area contributed by atoms with Crippen LogP contribution >= 0.6 is 0 Å². The summed E-state index contributed by atoms with van der Waals surface area (Å²) in [6.07, 6.45) is 1.89. The molecule has 0 saturated carbocycles. The van der Waals surface area contributed by atoms with Gasteiger partial charge in [0.15, 0.2) is 0 Å². The standard InChI is InChI=1S/C28H32N2O2/c1-21-8-6-10-23(18-21)20-29-16-14-24(15-17-29)30(25-11-7-9-22(2)19-25)28(31)26-12-4-5-13-27(26)32-3/h4-13,18-19,24H,14-17,20H2,1-3H3. The Hall–Kier alpha value is -3.11. The molecule has 0 N–H and O–H groups in total. The molecule has 1 fully saturated rings. The van der Waals surface area contributed by atoms with E-state index >= 15 is 0 Å². The van der Waals surface area contributed by atoms with Crippen molar-refractivity contribution in [2.45, 2.75) is 39.3 Å². The van der Waals surface area contributed by atoms with Crippen LogP contribution in [0.4, 0.5) is 5.69 Å². The van der Waals surface area contributed by atoms with E-state index in [4.69, 9.17) is 4.74 Å². The van der Waals surface area contributed by atoms with E-state index in [0.29, 0.717) is 11.3 Å². The first-order valence-electron chi connectivity index (χ1n) is 11.4. The van der Waals surface area contributed by atoms with Crippen molar-refractivity contribution in [1.29, 1.82) is 0 Å². The van der Waals surface area contributed by atoms with Crippen LogP contribution in [0.5, 0.6) is 5.75 Å². The van der Waals surface area contributed by atoms with Gasteiger partial charge in [-0.15, -0.1) is 0 Å². The van der Waals surface area contributed by atoms with E-state index in [2.05, 4.69) is 55.1 Å². The highest BCUT2D eigenvalue weighted by Gasteiger charge is 2.31. The molecule has 0 aromatic heterocycles. The maximum atomic E-state index is 13.8. The molecule has 3 aromatic rings. The fourth-order valence-electron chi connectivity index (χ4n) is 4.63. The maximum Gasteiger partial charge on any atom is 0.262 e. The molecule has 1 heterocycles. The molecule has 1 amide bonds. The van der Waals surface area contributed by atoms with Crippen LogP contribution < -0.4 is 9.64 Å². The largest absolute Gasteiger partial charge is 0.496 e. The summed E-state index contributed by atoms with van der Waals surface area (Å²) in [6, 6.07) is 24.6. The van der Waals surface area contributed by atoms with Crippen LogP contribution in [0.25, 0.3) is 0 Å². The molecule has 166 valence electrons. The van der Waals surface area contributed by atoms with E-state index in [1.54, 1.807) is 7.11 Å². The van der Waals surface area contributed by atoms with Crippen molar-refractivity contribution < 1.29 is 9.53 Å². The Labute approximate surface area is 191 Å². The first kappa shape index (κ1) is 22.1. The van der Waals surface area contributed by atoms with Crippen LogP contribution in [0.2, 0.25) is 0 Å². The molecule has 4 nitrogen and oxygen atoms in total. The third-order valence-electron chi connectivity index (χ3n) is 6.25. The van der Waals surface area contributed by atoms with Crippen molar-refractivity contribution in [3.8, 4) is 5.75 Å². The highest BCUT2D eigenvalue weighted by Crippen LogP contribution is 2.29. The number of nitrogens with zero attached hydrogens (tertiary/aromatic N) is 2. The van der Waals surface area contributed by atoms with E-state index in [9.17, 15) is 4.79 Å². The maximum absolute atomic E-state index is 13.8. The number of ether oxygens (including phenoxy) is 1. The number of hydrogen-bond acceptors (Lipinski definition) is 3. The van der Waals surface area contributed by atoms with E-state index < -0.39 is 0 Å². The zero-order chi connectivity index (χ0) is 22.5. The van der Waals surface area contributed by atoms with Gasteiger partial charge in [0.25, 0.3) is 5.91 Å². The topological polar surface area (TPSA) is 32.8 Å². The van der Waals surface area contributed by atoms with Gasteiger partial charge in [0.1, 0.15) is 5.75 Å². The quantitative estimate of drug-likeness (QED) is 0.511. The number of methoxy groups -OCH3 is 1. The van der Waals surface area contributed by atoms with Gasteiger partial charge >= 0.3 is 0 Å². The summed E-state index contributed by atoms with van der Waals surface area (Å²) < 4.78 is 5.50. The van der Waals surface area contributed by atoms with Crippen LogP contribution in [0, 0.1) is 13.8 Å². The van der Waals surface area contributed by atoms with Crippen LogP contribution in [0.15, 0.2) is 72.8 Å². The Morgan fingerprint density at radius 2 is 1.62 bits per heavy atom. The minimum absolute atomic E-state index is 0.00480. The Balaban J connectivity index is 1.55. The summed E-state index contributed by atoms with van der Waals surface area (Å²) in [5, 5.41) is 0. The van der Waals surface area contributed by atoms with Gasteiger partial charge in [0.2, 0.25) is 0 Å². The molecule has 0 bridgehead atoms. The summed E-state index contributed by atoms with van der Waals surface area (Å²) >= 11 is 0. The summed E-state index contributed by atoms with van der Waals surface area (Å²) in [5.74, 6) is 0.622. The molecule has 4 heteroatoms. The fraction of sp³-hybridized carbons (Fsp3) is 0.321. The van der Waals surface area contributed by atoms with Gasteiger partial charge in [-0.3, -0.25) is 9.69 Å². The highest BCUT2D eigenvalue weighted by atomic mass is 16.5. The second-order valence-corrected chi connectivity index (χ2v) is 8.71. The summed E-state index contributed by atoms with van der Waals surface area (Å²) in [7, 11) is 1.62. The van der Waals surface area contributed by atoms with Crippen molar-refractivity contribution in [1.82, 2.24) is 4.90 Å². The van der Waals surface area contributed by atoms with E-state index in [0.717, 1.165) is 43.7 Å². The number of hydrogen-bond donors (Lipinski definition) is 0. The molecular formula is C28H32N2O2. The average Bonchev–Trinajstić information content (AvgIpc) is 2.80. The number of aryl methyl sites for hydroxylation is 2. The van der Waals surface area contributed by atoms with Crippen molar-refractivity contribution in [2.24, 2.45) is 0 Å². The number of anilines is 1. The van der Waals surface area contributed by atoms with E-state index in [1.807, 2.05) is 41.3 Å². The van der Waals surface area contributed by atoms with Gasteiger partial charge in [0, 0.05) is 31.4 Å². The number of likely N-dealkylation sites (tertiary alicyclic amines) is 1. The Bertz CT molecular complexity index is 1070. The molecule has 4 rings (SSSR count). The molecule has 32 heavy (non-hydrogen) atoms. The molecule has 1 aliphatic rings. The molecule has 1 aliphatic heterocycles.